The first kappa shape index (κ1) is 14.0. The van der Waals surface area contributed by atoms with E-state index in [9.17, 15) is 0 Å². The molecule has 21 heavy (non-hydrogen) atoms. The Morgan fingerprint density at radius 2 is 1.95 bits per heavy atom. The molecule has 3 aromatic rings. The highest BCUT2D eigenvalue weighted by Gasteiger charge is 2.08. The lowest BCUT2D eigenvalue weighted by Crippen LogP contribution is -1.89. The van der Waals surface area contributed by atoms with E-state index in [0.717, 1.165) is 16.2 Å². The van der Waals surface area contributed by atoms with Gasteiger partial charge in [-0.1, -0.05) is 41.9 Å². The number of hydrogen-bond acceptors (Lipinski definition) is 4. The van der Waals surface area contributed by atoms with Crippen LogP contribution in [-0.4, -0.2) is 4.98 Å². The number of anilines is 1. The number of nitrogens with two attached hydrogens (primary N) is 1. The van der Waals surface area contributed by atoms with E-state index < -0.39 is 0 Å². The third-order valence-corrected chi connectivity index (χ3v) is 4.24. The molecule has 0 spiro atoms. The van der Waals surface area contributed by atoms with Crippen molar-refractivity contribution in [1.82, 2.24) is 4.98 Å². The van der Waals surface area contributed by atoms with Crippen molar-refractivity contribution < 1.29 is 4.42 Å². The van der Waals surface area contributed by atoms with Crippen LogP contribution in [0.15, 0.2) is 64.0 Å². The summed E-state index contributed by atoms with van der Waals surface area (Å²) in [6.45, 7) is 0. The van der Waals surface area contributed by atoms with Crippen molar-refractivity contribution >= 4 is 29.1 Å². The van der Waals surface area contributed by atoms with Gasteiger partial charge in [-0.15, -0.1) is 11.8 Å². The van der Waals surface area contributed by atoms with Gasteiger partial charge in [0.05, 0.1) is 11.9 Å². The summed E-state index contributed by atoms with van der Waals surface area (Å²) in [7, 11) is 0. The van der Waals surface area contributed by atoms with Crippen molar-refractivity contribution in [2.75, 3.05) is 5.73 Å². The standard InChI is InChI=1S/C16H13ClN2OS/c17-12-6-7-15(13(18)8-12)21-10-16-19-9-14(20-16)11-4-2-1-3-5-11/h1-9H,10,18H2. The summed E-state index contributed by atoms with van der Waals surface area (Å²) in [6, 6.07) is 15.4. The molecule has 5 heteroatoms. The zero-order chi connectivity index (χ0) is 14.7. The first-order valence-electron chi connectivity index (χ1n) is 6.40. The minimum atomic E-state index is 0.624. The van der Waals surface area contributed by atoms with E-state index in [0.29, 0.717) is 22.4 Å². The fraction of sp³-hybridized carbons (Fsp3) is 0.0625. The molecule has 0 amide bonds. The number of oxazole rings is 1. The number of nitrogens with zero attached hydrogens (tertiary/aromatic N) is 1. The lowest BCUT2D eigenvalue weighted by Gasteiger charge is -2.03. The summed E-state index contributed by atoms with van der Waals surface area (Å²) in [6.07, 6.45) is 1.75. The van der Waals surface area contributed by atoms with E-state index in [1.165, 1.54) is 0 Å². The van der Waals surface area contributed by atoms with Crippen molar-refractivity contribution in [1.29, 1.82) is 0 Å². The normalized spacial score (nSPS) is 10.7. The molecule has 0 saturated heterocycles. The highest BCUT2D eigenvalue weighted by atomic mass is 35.5. The predicted octanol–water partition coefficient (Wildman–Crippen LogP) is 4.87. The molecule has 0 fully saturated rings. The van der Waals surface area contributed by atoms with Gasteiger partial charge >= 0.3 is 0 Å². The smallest absolute Gasteiger partial charge is 0.205 e. The minimum Gasteiger partial charge on any atom is -0.440 e. The molecule has 3 nitrogen and oxygen atoms in total. The molecule has 0 unspecified atom stereocenters. The number of aromatic nitrogens is 1. The number of benzene rings is 2. The van der Waals surface area contributed by atoms with Crippen LogP contribution in [0.5, 0.6) is 0 Å². The maximum atomic E-state index is 5.93. The van der Waals surface area contributed by atoms with Crippen LogP contribution in [0, 0.1) is 0 Å². The van der Waals surface area contributed by atoms with Crippen molar-refractivity contribution in [3.8, 4) is 11.3 Å². The lowest BCUT2D eigenvalue weighted by atomic mass is 10.2. The fourth-order valence-corrected chi connectivity index (χ4v) is 2.89. The van der Waals surface area contributed by atoms with E-state index >= 15 is 0 Å². The molecule has 0 aliphatic heterocycles. The Labute approximate surface area is 132 Å². The van der Waals surface area contributed by atoms with Gasteiger partial charge in [0.25, 0.3) is 0 Å². The summed E-state index contributed by atoms with van der Waals surface area (Å²) in [5.74, 6) is 2.07. The van der Waals surface area contributed by atoms with Crippen LogP contribution in [0.4, 0.5) is 5.69 Å². The van der Waals surface area contributed by atoms with Gasteiger partial charge in [0.15, 0.2) is 5.76 Å². The van der Waals surface area contributed by atoms with Crippen molar-refractivity contribution in [2.24, 2.45) is 0 Å². The number of halogens is 1. The molecular weight excluding hydrogens is 304 g/mol. The van der Waals surface area contributed by atoms with Gasteiger partial charge in [0.1, 0.15) is 0 Å². The topological polar surface area (TPSA) is 52.0 Å². The van der Waals surface area contributed by atoms with E-state index in [1.807, 2.05) is 42.5 Å². The van der Waals surface area contributed by atoms with Crippen LogP contribution >= 0.6 is 23.4 Å². The van der Waals surface area contributed by atoms with Crippen LogP contribution in [0.2, 0.25) is 5.02 Å². The van der Waals surface area contributed by atoms with Gasteiger partial charge in [-0.2, -0.15) is 0 Å². The van der Waals surface area contributed by atoms with E-state index in [-0.39, 0.29) is 0 Å². The molecule has 1 aromatic heterocycles. The summed E-state index contributed by atoms with van der Waals surface area (Å²) in [5, 5.41) is 0.638. The zero-order valence-corrected chi connectivity index (χ0v) is 12.7. The predicted molar refractivity (Wildman–Crippen MR) is 87.4 cm³/mol. The van der Waals surface area contributed by atoms with Gasteiger partial charge in [-0.25, -0.2) is 4.98 Å². The largest absolute Gasteiger partial charge is 0.440 e. The van der Waals surface area contributed by atoms with Crippen molar-refractivity contribution in [3.63, 3.8) is 0 Å². The quantitative estimate of drug-likeness (QED) is 0.551. The molecule has 0 aliphatic carbocycles. The Morgan fingerprint density at radius 1 is 1.14 bits per heavy atom. The van der Waals surface area contributed by atoms with Gasteiger partial charge in [-0.05, 0) is 18.2 Å². The maximum absolute atomic E-state index is 5.93. The molecule has 0 bridgehead atoms. The second-order valence-corrected chi connectivity index (χ2v) is 5.91. The molecular formula is C16H13ClN2OS. The highest BCUT2D eigenvalue weighted by molar-refractivity contribution is 7.98. The summed E-state index contributed by atoms with van der Waals surface area (Å²) in [4.78, 5) is 5.27. The Balaban J connectivity index is 1.70. The third kappa shape index (κ3) is 3.40. The van der Waals surface area contributed by atoms with Gasteiger partial charge in [0, 0.05) is 21.2 Å². The second kappa shape index (κ2) is 6.24. The monoisotopic (exact) mass is 316 g/mol. The number of nitrogen functional groups attached to an aromatic ring is 1. The van der Waals surface area contributed by atoms with Gasteiger partial charge < -0.3 is 10.2 Å². The number of hydrogen-bond donors (Lipinski definition) is 1. The molecule has 0 atom stereocenters. The first-order chi connectivity index (χ1) is 10.2. The van der Waals surface area contributed by atoms with Crippen molar-refractivity contribution in [3.05, 3.63) is 65.6 Å². The van der Waals surface area contributed by atoms with E-state index in [1.54, 1.807) is 24.0 Å². The Kier molecular flexibility index (Phi) is 4.18. The average Bonchev–Trinajstić information content (AvgIpc) is 2.96. The molecule has 106 valence electrons. The van der Waals surface area contributed by atoms with Crippen LogP contribution in [0.25, 0.3) is 11.3 Å². The first-order valence-corrected chi connectivity index (χ1v) is 7.77. The molecule has 1 heterocycles. The Bertz CT molecular complexity index is 743. The molecule has 0 saturated carbocycles. The highest BCUT2D eigenvalue weighted by Crippen LogP contribution is 2.31. The van der Waals surface area contributed by atoms with Crippen LogP contribution < -0.4 is 5.73 Å². The summed E-state index contributed by atoms with van der Waals surface area (Å²) >= 11 is 7.46. The van der Waals surface area contributed by atoms with Crippen LogP contribution in [0.1, 0.15) is 5.89 Å². The van der Waals surface area contributed by atoms with Gasteiger partial charge in [-0.3, -0.25) is 0 Å². The average molecular weight is 317 g/mol. The molecule has 0 radical (unpaired) electrons. The summed E-state index contributed by atoms with van der Waals surface area (Å²) < 4.78 is 5.76. The molecule has 3 rings (SSSR count). The lowest BCUT2D eigenvalue weighted by molar-refractivity contribution is 0.530. The maximum Gasteiger partial charge on any atom is 0.205 e. The Hall–Kier alpha value is -1.91. The fourth-order valence-electron chi connectivity index (χ4n) is 1.90. The zero-order valence-electron chi connectivity index (χ0n) is 11.1. The van der Waals surface area contributed by atoms with Crippen molar-refractivity contribution in [2.45, 2.75) is 10.6 Å². The molecule has 0 aliphatic rings. The second-order valence-electron chi connectivity index (χ2n) is 4.46. The van der Waals surface area contributed by atoms with Crippen LogP contribution in [0.3, 0.4) is 0 Å². The van der Waals surface area contributed by atoms with Crippen LogP contribution in [-0.2, 0) is 5.75 Å². The van der Waals surface area contributed by atoms with E-state index in [2.05, 4.69) is 4.98 Å². The minimum absolute atomic E-state index is 0.624. The number of rotatable bonds is 4. The molecule has 2 N–H and O–H groups in total. The third-order valence-electron chi connectivity index (χ3n) is 2.93. The number of thioether (sulfide) groups is 1. The molecule has 2 aromatic carbocycles. The van der Waals surface area contributed by atoms with E-state index in [4.69, 9.17) is 21.8 Å². The Morgan fingerprint density at radius 3 is 2.71 bits per heavy atom. The SMILES string of the molecule is Nc1cc(Cl)ccc1SCc1ncc(-c2ccccc2)o1. The summed E-state index contributed by atoms with van der Waals surface area (Å²) in [5.41, 5.74) is 7.61. The van der Waals surface area contributed by atoms with Gasteiger partial charge in [0.2, 0.25) is 5.89 Å².